The minimum Gasteiger partial charge on any atom is -0.397 e. The molecule has 0 saturated carbocycles. The Morgan fingerprint density at radius 2 is 1.61 bits per heavy atom. The van der Waals surface area contributed by atoms with Gasteiger partial charge in [0.2, 0.25) is 0 Å². The van der Waals surface area contributed by atoms with Gasteiger partial charge in [0.05, 0.1) is 11.4 Å². The molecule has 0 aliphatic heterocycles. The maximum atomic E-state index is 6.14. The molecule has 0 unspecified atom stereocenters. The monoisotopic (exact) mass is 240 g/mol. The third-order valence-electron chi connectivity index (χ3n) is 3.26. The van der Waals surface area contributed by atoms with Crippen molar-refractivity contribution in [2.24, 2.45) is 0 Å². The van der Waals surface area contributed by atoms with E-state index in [1.54, 1.807) is 0 Å². The molecule has 0 spiro atoms. The van der Waals surface area contributed by atoms with Gasteiger partial charge in [-0.2, -0.15) is 0 Å². The van der Waals surface area contributed by atoms with Crippen LogP contribution >= 0.6 is 0 Å². The van der Waals surface area contributed by atoms with E-state index >= 15 is 0 Å². The molecule has 2 aromatic rings. The molecule has 0 aliphatic carbocycles. The zero-order chi connectivity index (χ0) is 13.1. The minimum atomic E-state index is 0.833. The van der Waals surface area contributed by atoms with Gasteiger partial charge in [-0.05, 0) is 44.0 Å². The van der Waals surface area contributed by atoms with Crippen LogP contribution in [0.15, 0.2) is 42.5 Å². The SMILES string of the molecule is CCN(c1ccccc1C)c1c(C)cccc1N. The van der Waals surface area contributed by atoms with E-state index in [-0.39, 0.29) is 0 Å². The molecule has 0 radical (unpaired) electrons. The van der Waals surface area contributed by atoms with Crippen molar-refractivity contribution in [1.82, 2.24) is 0 Å². The molecule has 0 fully saturated rings. The van der Waals surface area contributed by atoms with Crippen LogP contribution in [0.3, 0.4) is 0 Å². The summed E-state index contributed by atoms with van der Waals surface area (Å²) in [5.74, 6) is 0. The zero-order valence-corrected chi connectivity index (χ0v) is 11.3. The Labute approximate surface area is 109 Å². The smallest absolute Gasteiger partial charge is 0.0674 e. The first kappa shape index (κ1) is 12.5. The molecule has 0 saturated heterocycles. The lowest BCUT2D eigenvalue weighted by Gasteiger charge is -2.28. The molecule has 2 rings (SSSR count). The average molecular weight is 240 g/mol. The lowest BCUT2D eigenvalue weighted by atomic mass is 10.1. The average Bonchev–Trinajstić information content (AvgIpc) is 2.35. The summed E-state index contributed by atoms with van der Waals surface area (Å²) in [5, 5.41) is 0. The molecule has 94 valence electrons. The first-order valence-corrected chi connectivity index (χ1v) is 6.33. The number of benzene rings is 2. The predicted molar refractivity (Wildman–Crippen MR) is 79.5 cm³/mol. The maximum Gasteiger partial charge on any atom is 0.0674 e. The second-order valence-corrected chi connectivity index (χ2v) is 4.54. The maximum absolute atomic E-state index is 6.14. The Bertz CT molecular complexity index is 526. The second-order valence-electron chi connectivity index (χ2n) is 4.54. The lowest BCUT2D eigenvalue weighted by Crippen LogP contribution is -2.19. The Morgan fingerprint density at radius 1 is 0.944 bits per heavy atom. The van der Waals surface area contributed by atoms with Gasteiger partial charge in [0.25, 0.3) is 0 Å². The first-order valence-electron chi connectivity index (χ1n) is 6.33. The molecular weight excluding hydrogens is 220 g/mol. The highest BCUT2D eigenvalue weighted by molar-refractivity contribution is 5.78. The van der Waals surface area contributed by atoms with E-state index in [9.17, 15) is 0 Å². The van der Waals surface area contributed by atoms with Gasteiger partial charge in [0.15, 0.2) is 0 Å². The number of nitrogen functional groups attached to an aromatic ring is 1. The first-order chi connectivity index (χ1) is 8.65. The Kier molecular flexibility index (Phi) is 3.56. The van der Waals surface area contributed by atoms with Crippen LogP contribution in [0.4, 0.5) is 17.1 Å². The summed E-state index contributed by atoms with van der Waals surface area (Å²) in [4.78, 5) is 2.28. The third kappa shape index (κ3) is 2.19. The van der Waals surface area contributed by atoms with Gasteiger partial charge >= 0.3 is 0 Å². The van der Waals surface area contributed by atoms with Crippen molar-refractivity contribution in [2.45, 2.75) is 20.8 Å². The van der Waals surface area contributed by atoms with E-state index in [0.29, 0.717) is 0 Å². The van der Waals surface area contributed by atoms with Crippen LogP contribution in [0.25, 0.3) is 0 Å². The largest absolute Gasteiger partial charge is 0.397 e. The highest BCUT2D eigenvalue weighted by atomic mass is 15.1. The second kappa shape index (κ2) is 5.13. The molecule has 2 heteroatoms. The van der Waals surface area contributed by atoms with Crippen LogP contribution in [0.5, 0.6) is 0 Å². The summed E-state index contributed by atoms with van der Waals surface area (Å²) in [7, 11) is 0. The standard InChI is InChI=1S/C16H20N2/c1-4-18(15-11-6-5-8-12(15)2)16-13(3)9-7-10-14(16)17/h5-11H,4,17H2,1-3H3. The fraction of sp³-hybridized carbons (Fsp3) is 0.250. The number of rotatable bonds is 3. The third-order valence-corrected chi connectivity index (χ3v) is 3.26. The van der Waals surface area contributed by atoms with Crippen molar-refractivity contribution in [3.63, 3.8) is 0 Å². The van der Waals surface area contributed by atoms with Crippen molar-refractivity contribution in [3.05, 3.63) is 53.6 Å². The molecule has 0 bridgehead atoms. The van der Waals surface area contributed by atoms with E-state index in [0.717, 1.165) is 17.9 Å². The van der Waals surface area contributed by atoms with Crippen molar-refractivity contribution >= 4 is 17.1 Å². The fourth-order valence-electron chi connectivity index (χ4n) is 2.37. The molecule has 0 atom stereocenters. The summed E-state index contributed by atoms with van der Waals surface area (Å²) in [6, 6.07) is 14.5. The van der Waals surface area contributed by atoms with E-state index in [1.165, 1.54) is 16.8 Å². The van der Waals surface area contributed by atoms with Gasteiger partial charge in [0, 0.05) is 12.2 Å². The van der Waals surface area contributed by atoms with Crippen molar-refractivity contribution < 1.29 is 0 Å². The number of hydrogen-bond acceptors (Lipinski definition) is 2. The highest BCUT2D eigenvalue weighted by Crippen LogP contribution is 2.34. The molecule has 0 amide bonds. The van der Waals surface area contributed by atoms with Gasteiger partial charge in [-0.3, -0.25) is 0 Å². The summed E-state index contributed by atoms with van der Waals surface area (Å²) < 4.78 is 0. The molecule has 2 N–H and O–H groups in total. The van der Waals surface area contributed by atoms with Crippen LogP contribution in [0.2, 0.25) is 0 Å². The van der Waals surface area contributed by atoms with Crippen molar-refractivity contribution in [1.29, 1.82) is 0 Å². The Morgan fingerprint density at radius 3 is 2.22 bits per heavy atom. The van der Waals surface area contributed by atoms with E-state index in [2.05, 4.69) is 56.0 Å². The van der Waals surface area contributed by atoms with Gasteiger partial charge in [-0.25, -0.2) is 0 Å². The van der Waals surface area contributed by atoms with Gasteiger partial charge < -0.3 is 10.6 Å². The zero-order valence-electron chi connectivity index (χ0n) is 11.3. The Balaban J connectivity index is 2.56. The summed E-state index contributed by atoms with van der Waals surface area (Å²) >= 11 is 0. The van der Waals surface area contributed by atoms with Crippen LogP contribution < -0.4 is 10.6 Å². The number of hydrogen-bond donors (Lipinski definition) is 1. The summed E-state index contributed by atoms with van der Waals surface area (Å²) in [6.07, 6.45) is 0. The lowest BCUT2D eigenvalue weighted by molar-refractivity contribution is 1.01. The van der Waals surface area contributed by atoms with E-state index in [4.69, 9.17) is 5.73 Å². The molecule has 0 aliphatic rings. The Hall–Kier alpha value is -1.96. The fourth-order valence-corrected chi connectivity index (χ4v) is 2.37. The predicted octanol–water partition coefficient (Wildman–Crippen LogP) is 4.04. The molecule has 18 heavy (non-hydrogen) atoms. The quantitative estimate of drug-likeness (QED) is 0.820. The molecule has 2 nitrogen and oxygen atoms in total. The van der Waals surface area contributed by atoms with Crippen LogP contribution in [0, 0.1) is 13.8 Å². The van der Waals surface area contributed by atoms with Crippen LogP contribution in [0.1, 0.15) is 18.1 Å². The van der Waals surface area contributed by atoms with Crippen LogP contribution in [-0.2, 0) is 0 Å². The van der Waals surface area contributed by atoms with Crippen LogP contribution in [-0.4, -0.2) is 6.54 Å². The molecule has 0 aromatic heterocycles. The highest BCUT2D eigenvalue weighted by Gasteiger charge is 2.14. The van der Waals surface area contributed by atoms with E-state index < -0.39 is 0 Å². The summed E-state index contributed by atoms with van der Waals surface area (Å²) in [5.41, 5.74) is 11.8. The topological polar surface area (TPSA) is 29.3 Å². The minimum absolute atomic E-state index is 0.833. The van der Waals surface area contributed by atoms with Gasteiger partial charge in [-0.15, -0.1) is 0 Å². The normalized spacial score (nSPS) is 10.4. The molecular formula is C16H20N2. The molecule has 0 heterocycles. The number of anilines is 3. The number of nitrogens with zero attached hydrogens (tertiary/aromatic N) is 1. The van der Waals surface area contributed by atoms with Gasteiger partial charge in [0.1, 0.15) is 0 Å². The molecule has 2 aromatic carbocycles. The number of para-hydroxylation sites is 2. The number of nitrogens with two attached hydrogens (primary N) is 1. The van der Waals surface area contributed by atoms with E-state index in [1.807, 2.05) is 12.1 Å². The van der Waals surface area contributed by atoms with Gasteiger partial charge in [-0.1, -0.05) is 30.3 Å². The van der Waals surface area contributed by atoms with Crippen molar-refractivity contribution in [3.8, 4) is 0 Å². The number of aryl methyl sites for hydroxylation is 2. The summed E-state index contributed by atoms with van der Waals surface area (Å²) in [6.45, 7) is 7.29. The van der Waals surface area contributed by atoms with Crippen molar-refractivity contribution in [2.75, 3.05) is 17.2 Å².